The number of nitrogens with one attached hydrogen (secondary N) is 3. The number of ether oxygens (including phenoxy) is 2. The Morgan fingerprint density at radius 3 is 2.26 bits per heavy atom. The first kappa shape index (κ1) is 20.3. The molecule has 0 atom stereocenters. The molecule has 2 aromatic carbocycles. The molecule has 0 saturated heterocycles. The Kier molecular flexibility index (Phi) is 8.12. The average Bonchev–Trinajstić information content (AvgIpc) is 2.68. The first-order valence-corrected chi connectivity index (χ1v) is 8.76. The first-order valence-electron chi connectivity index (χ1n) is 8.76. The van der Waals surface area contributed by atoms with Gasteiger partial charge in [-0.15, -0.1) is 0 Å². The van der Waals surface area contributed by atoms with Gasteiger partial charge in [0.2, 0.25) is 0 Å². The number of benzene rings is 2. The van der Waals surface area contributed by atoms with Gasteiger partial charge in [-0.25, -0.2) is 4.79 Å². The highest BCUT2D eigenvalue weighted by atomic mass is 16.5. The van der Waals surface area contributed by atoms with Crippen LogP contribution in [-0.2, 0) is 11.3 Å². The van der Waals surface area contributed by atoms with Crippen molar-refractivity contribution in [3.63, 3.8) is 0 Å². The zero-order valence-electron chi connectivity index (χ0n) is 15.6. The molecule has 0 radical (unpaired) electrons. The van der Waals surface area contributed by atoms with E-state index in [1.807, 2.05) is 31.2 Å². The van der Waals surface area contributed by atoms with Crippen LogP contribution in [0.15, 0.2) is 48.5 Å². The summed E-state index contributed by atoms with van der Waals surface area (Å²) >= 11 is 0. The number of urea groups is 1. The van der Waals surface area contributed by atoms with Crippen molar-refractivity contribution in [1.29, 1.82) is 0 Å². The third kappa shape index (κ3) is 6.99. The molecule has 0 bridgehead atoms. The number of methoxy groups -OCH3 is 1. The van der Waals surface area contributed by atoms with Gasteiger partial charge in [0.05, 0.1) is 6.61 Å². The third-order valence-electron chi connectivity index (χ3n) is 3.67. The molecule has 0 spiro atoms. The van der Waals surface area contributed by atoms with Crippen LogP contribution < -0.4 is 20.7 Å². The molecule has 3 N–H and O–H groups in total. The SMILES string of the molecule is CCNC(=O)c1ccc(NC(=O)NCc2ccc(OCCOC)cc2)cc1. The van der Waals surface area contributed by atoms with E-state index in [1.165, 1.54) is 0 Å². The Hall–Kier alpha value is -3.06. The highest BCUT2D eigenvalue weighted by Crippen LogP contribution is 2.12. The summed E-state index contributed by atoms with van der Waals surface area (Å²) in [6, 6.07) is 13.9. The van der Waals surface area contributed by atoms with Gasteiger partial charge in [-0.3, -0.25) is 4.79 Å². The second kappa shape index (κ2) is 10.8. The zero-order valence-corrected chi connectivity index (χ0v) is 15.6. The van der Waals surface area contributed by atoms with Crippen molar-refractivity contribution in [1.82, 2.24) is 10.6 Å². The van der Waals surface area contributed by atoms with Crippen molar-refractivity contribution < 1.29 is 19.1 Å². The van der Waals surface area contributed by atoms with Crippen LogP contribution >= 0.6 is 0 Å². The number of hydrogen-bond acceptors (Lipinski definition) is 4. The van der Waals surface area contributed by atoms with Crippen LogP contribution in [0.3, 0.4) is 0 Å². The molecule has 7 nitrogen and oxygen atoms in total. The standard InChI is InChI=1S/C20H25N3O4/c1-3-21-19(24)16-6-8-17(9-7-16)23-20(25)22-14-15-4-10-18(11-5-15)27-13-12-26-2/h4-11H,3,12-14H2,1-2H3,(H,21,24)(H2,22,23,25). The minimum Gasteiger partial charge on any atom is -0.491 e. The molecule has 2 aromatic rings. The summed E-state index contributed by atoms with van der Waals surface area (Å²) < 4.78 is 10.4. The quantitative estimate of drug-likeness (QED) is 0.592. The summed E-state index contributed by atoms with van der Waals surface area (Å²) in [6.45, 7) is 3.85. The average molecular weight is 371 g/mol. The van der Waals surface area contributed by atoms with Gasteiger partial charge in [0.1, 0.15) is 12.4 Å². The fraction of sp³-hybridized carbons (Fsp3) is 0.300. The van der Waals surface area contributed by atoms with Crippen molar-refractivity contribution in [3.05, 3.63) is 59.7 Å². The molecule has 0 aromatic heterocycles. The number of amides is 3. The maximum absolute atomic E-state index is 12.0. The second-order valence-electron chi connectivity index (χ2n) is 5.73. The van der Waals surface area contributed by atoms with Gasteiger partial charge in [0, 0.05) is 31.5 Å². The Morgan fingerprint density at radius 1 is 0.926 bits per heavy atom. The molecule has 7 heteroatoms. The Labute approximate surface area is 159 Å². The fourth-order valence-corrected chi connectivity index (χ4v) is 2.27. The van der Waals surface area contributed by atoms with E-state index in [0.717, 1.165) is 11.3 Å². The summed E-state index contributed by atoms with van der Waals surface area (Å²) in [5.41, 5.74) is 2.12. The molecule has 0 aliphatic carbocycles. The molecule has 0 aliphatic rings. The highest BCUT2D eigenvalue weighted by Gasteiger charge is 2.06. The number of anilines is 1. The van der Waals surface area contributed by atoms with Crippen molar-refractivity contribution in [2.45, 2.75) is 13.5 Å². The van der Waals surface area contributed by atoms with E-state index in [9.17, 15) is 9.59 Å². The molecule has 144 valence electrons. The van der Waals surface area contributed by atoms with Crippen LogP contribution in [0.4, 0.5) is 10.5 Å². The lowest BCUT2D eigenvalue weighted by molar-refractivity contribution is 0.0956. The lowest BCUT2D eigenvalue weighted by Gasteiger charge is -2.09. The van der Waals surface area contributed by atoms with Crippen LogP contribution in [-0.4, -0.2) is 38.8 Å². The van der Waals surface area contributed by atoms with Gasteiger partial charge in [-0.2, -0.15) is 0 Å². The number of carbonyl (C=O) groups is 2. The summed E-state index contributed by atoms with van der Waals surface area (Å²) in [6.07, 6.45) is 0. The minimum absolute atomic E-state index is 0.136. The Balaban J connectivity index is 1.78. The molecule has 27 heavy (non-hydrogen) atoms. The van der Waals surface area contributed by atoms with Gasteiger partial charge in [-0.1, -0.05) is 12.1 Å². The Bertz CT molecular complexity index is 730. The minimum atomic E-state index is -0.318. The maximum atomic E-state index is 12.0. The summed E-state index contributed by atoms with van der Waals surface area (Å²) in [5, 5.41) is 8.25. The van der Waals surface area contributed by atoms with E-state index < -0.39 is 0 Å². The van der Waals surface area contributed by atoms with E-state index in [0.29, 0.717) is 37.6 Å². The number of hydrogen-bond donors (Lipinski definition) is 3. The largest absolute Gasteiger partial charge is 0.491 e. The predicted molar refractivity (Wildman–Crippen MR) is 104 cm³/mol. The molecule has 3 amide bonds. The molecular weight excluding hydrogens is 346 g/mol. The third-order valence-corrected chi connectivity index (χ3v) is 3.67. The fourth-order valence-electron chi connectivity index (χ4n) is 2.27. The lowest BCUT2D eigenvalue weighted by atomic mass is 10.2. The normalized spacial score (nSPS) is 10.1. The van der Waals surface area contributed by atoms with Gasteiger partial charge >= 0.3 is 6.03 Å². The van der Waals surface area contributed by atoms with Crippen LogP contribution in [0.25, 0.3) is 0 Å². The van der Waals surface area contributed by atoms with Crippen LogP contribution in [0.1, 0.15) is 22.8 Å². The van der Waals surface area contributed by atoms with Crippen molar-refractivity contribution in [2.75, 3.05) is 32.2 Å². The lowest BCUT2D eigenvalue weighted by Crippen LogP contribution is -2.28. The second-order valence-corrected chi connectivity index (χ2v) is 5.73. The summed E-state index contributed by atoms with van der Waals surface area (Å²) in [4.78, 5) is 23.7. The van der Waals surface area contributed by atoms with Crippen molar-refractivity contribution in [2.24, 2.45) is 0 Å². The Morgan fingerprint density at radius 2 is 1.63 bits per heavy atom. The molecule has 0 fully saturated rings. The summed E-state index contributed by atoms with van der Waals surface area (Å²) in [5.74, 6) is 0.621. The van der Waals surface area contributed by atoms with E-state index in [-0.39, 0.29) is 11.9 Å². The molecular formula is C20H25N3O4. The molecule has 0 unspecified atom stereocenters. The van der Waals surface area contributed by atoms with Gasteiger partial charge < -0.3 is 25.4 Å². The molecule has 0 aliphatic heterocycles. The highest BCUT2D eigenvalue weighted by molar-refractivity contribution is 5.95. The van der Waals surface area contributed by atoms with E-state index in [2.05, 4.69) is 16.0 Å². The van der Waals surface area contributed by atoms with Gasteiger partial charge in [0.15, 0.2) is 0 Å². The van der Waals surface area contributed by atoms with Crippen molar-refractivity contribution in [3.8, 4) is 5.75 Å². The number of rotatable bonds is 9. The summed E-state index contributed by atoms with van der Waals surface area (Å²) in [7, 11) is 1.63. The number of carbonyl (C=O) groups excluding carboxylic acids is 2. The van der Waals surface area contributed by atoms with Crippen LogP contribution in [0, 0.1) is 0 Å². The van der Waals surface area contributed by atoms with Crippen molar-refractivity contribution >= 4 is 17.6 Å². The van der Waals surface area contributed by atoms with Crippen LogP contribution in [0.2, 0.25) is 0 Å². The van der Waals surface area contributed by atoms with E-state index in [1.54, 1.807) is 31.4 Å². The molecule has 2 rings (SSSR count). The predicted octanol–water partition coefficient (Wildman–Crippen LogP) is 2.78. The monoisotopic (exact) mass is 371 g/mol. The van der Waals surface area contributed by atoms with Crippen LogP contribution in [0.5, 0.6) is 5.75 Å². The molecule has 0 saturated carbocycles. The first-order chi connectivity index (χ1) is 13.1. The molecule has 0 heterocycles. The smallest absolute Gasteiger partial charge is 0.319 e. The van der Waals surface area contributed by atoms with E-state index >= 15 is 0 Å². The van der Waals surface area contributed by atoms with Gasteiger partial charge in [-0.05, 0) is 48.9 Å². The van der Waals surface area contributed by atoms with E-state index in [4.69, 9.17) is 9.47 Å². The topological polar surface area (TPSA) is 88.7 Å². The van der Waals surface area contributed by atoms with Gasteiger partial charge in [0.25, 0.3) is 5.91 Å². The zero-order chi connectivity index (χ0) is 19.5. The maximum Gasteiger partial charge on any atom is 0.319 e.